The molecule has 1 aromatic carbocycles. The van der Waals surface area contributed by atoms with Gasteiger partial charge in [-0.25, -0.2) is 9.78 Å². The molecule has 0 aliphatic heterocycles. The van der Waals surface area contributed by atoms with Gasteiger partial charge in [0.25, 0.3) is 0 Å². The topological polar surface area (TPSA) is 68.3 Å². The van der Waals surface area contributed by atoms with Gasteiger partial charge in [-0.15, -0.1) is 0 Å². The van der Waals surface area contributed by atoms with Crippen molar-refractivity contribution in [2.24, 2.45) is 0 Å². The summed E-state index contributed by atoms with van der Waals surface area (Å²) in [6, 6.07) is 11.1. The van der Waals surface area contributed by atoms with Gasteiger partial charge in [0.15, 0.2) is 0 Å². The summed E-state index contributed by atoms with van der Waals surface area (Å²) in [6.07, 6.45) is 2.36. The molecule has 0 saturated carbocycles. The minimum Gasteiger partial charge on any atom is -0.464 e. The lowest BCUT2D eigenvalue weighted by atomic mass is 10.1. The predicted molar refractivity (Wildman–Crippen MR) is 79.1 cm³/mol. The average molecular weight is 284 g/mol. The van der Waals surface area contributed by atoms with Crippen molar-refractivity contribution >= 4 is 17.6 Å². The number of anilines is 1. The molecule has 1 aromatic heterocycles. The van der Waals surface area contributed by atoms with Gasteiger partial charge in [0.2, 0.25) is 5.91 Å². The predicted octanol–water partition coefficient (Wildman–Crippen LogP) is 2.42. The molecule has 2 aromatic rings. The molecule has 5 heteroatoms. The van der Waals surface area contributed by atoms with Crippen LogP contribution < -0.4 is 5.32 Å². The fraction of sp³-hybridized carbons (Fsp3) is 0.188. The van der Waals surface area contributed by atoms with Crippen molar-refractivity contribution in [1.82, 2.24) is 4.98 Å². The molecule has 0 saturated heterocycles. The van der Waals surface area contributed by atoms with Crippen LogP contribution in [-0.4, -0.2) is 24.0 Å². The second-order valence-corrected chi connectivity index (χ2v) is 4.60. The molecule has 5 nitrogen and oxygen atoms in total. The Hall–Kier alpha value is -2.69. The van der Waals surface area contributed by atoms with Crippen molar-refractivity contribution < 1.29 is 14.3 Å². The zero-order chi connectivity index (χ0) is 15.2. The van der Waals surface area contributed by atoms with Crippen LogP contribution in [0.25, 0.3) is 0 Å². The molecule has 1 N–H and O–H groups in total. The Balaban J connectivity index is 2.04. The number of nitrogens with zero attached hydrogens (tertiary/aromatic N) is 1. The lowest BCUT2D eigenvalue weighted by Gasteiger charge is -2.05. The number of methoxy groups -OCH3 is 1. The monoisotopic (exact) mass is 284 g/mol. The van der Waals surface area contributed by atoms with Gasteiger partial charge in [-0.2, -0.15) is 0 Å². The van der Waals surface area contributed by atoms with Crippen molar-refractivity contribution in [3.63, 3.8) is 0 Å². The number of carbonyl (C=O) groups excluding carboxylic acids is 2. The highest BCUT2D eigenvalue weighted by Crippen LogP contribution is 2.13. The van der Waals surface area contributed by atoms with Crippen LogP contribution in [0, 0.1) is 0 Å². The van der Waals surface area contributed by atoms with Crippen molar-refractivity contribution in [3.8, 4) is 0 Å². The molecule has 0 radical (unpaired) electrons. The number of rotatable bonds is 4. The first-order valence-electron chi connectivity index (χ1n) is 6.48. The molecule has 2 rings (SSSR count). The molecular formula is C16H16N2O3. The third-order valence-corrected chi connectivity index (χ3v) is 2.90. The molecule has 108 valence electrons. The van der Waals surface area contributed by atoms with Gasteiger partial charge in [-0.3, -0.25) is 4.79 Å². The molecule has 1 heterocycles. The average Bonchev–Trinajstić information content (AvgIpc) is 2.49. The van der Waals surface area contributed by atoms with Gasteiger partial charge in [-0.1, -0.05) is 18.2 Å². The third kappa shape index (κ3) is 4.14. The minimum atomic E-state index is -0.443. The van der Waals surface area contributed by atoms with E-state index >= 15 is 0 Å². The molecule has 0 spiro atoms. The highest BCUT2D eigenvalue weighted by Gasteiger charge is 2.06. The second kappa shape index (κ2) is 6.65. The van der Waals surface area contributed by atoms with Crippen LogP contribution in [0.1, 0.15) is 28.5 Å². The maximum Gasteiger partial charge on any atom is 0.356 e. The number of hydrogen-bond acceptors (Lipinski definition) is 4. The van der Waals surface area contributed by atoms with Crippen LogP contribution in [0.5, 0.6) is 0 Å². The standard InChI is InChI=1S/C16H16N2O3/c1-11(19)18-14-6-3-12(4-7-14)9-13-5-8-15(17-10-13)16(20)21-2/h3-8,10H,9H2,1-2H3,(H,18,19). The Morgan fingerprint density at radius 1 is 1.10 bits per heavy atom. The van der Waals surface area contributed by atoms with E-state index in [0.717, 1.165) is 16.8 Å². The summed E-state index contributed by atoms with van der Waals surface area (Å²) in [6.45, 7) is 1.47. The van der Waals surface area contributed by atoms with Crippen LogP contribution in [-0.2, 0) is 16.0 Å². The van der Waals surface area contributed by atoms with E-state index in [1.165, 1.54) is 14.0 Å². The number of amides is 1. The normalized spacial score (nSPS) is 10.0. The minimum absolute atomic E-state index is 0.0923. The molecule has 0 aliphatic rings. The lowest BCUT2D eigenvalue weighted by molar-refractivity contribution is -0.114. The summed E-state index contributed by atoms with van der Waals surface area (Å²) in [5, 5.41) is 2.72. The number of ether oxygens (including phenoxy) is 1. The SMILES string of the molecule is COC(=O)c1ccc(Cc2ccc(NC(C)=O)cc2)cn1. The number of hydrogen-bond donors (Lipinski definition) is 1. The van der Waals surface area contributed by atoms with E-state index in [2.05, 4.69) is 15.0 Å². The van der Waals surface area contributed by atoms with Gasteiger partial charge in [0.1, 0.15) is 5.69 Å². The molecule has 1 amide bonds. The van der Waals surface area contributed by atoms with Gasteiger partial charge in [0, 0.05) is 18.8 Å². The van der Waals surface area contributed by atoms with Crippen molar-refractivity contribution in [2.45, 2.75) is 13.3 Å². The van der Waals surface area contributed by atoms with E-state index in [0.29, 0.717) is 12.1 Å². The van der Waals surface area contributed by atoms with Crippen LogP contribution >= 0.6 is 0 Å². The van der Waals surface area contributed by atoms with Crippen LogP contribution in [0.3, 0.4) is 0 Å². The van der Waals surface area contributed by atoms with Gasteiger partial charge < -0.3 is 10.1 Å². The lowest BCUT2D eigenvalue weighted by Crippen LogP contribution is -2.05. The largest absolute Gasteiger partial charge is 0.464 e. The molecule has 0 unspecified atom stereocenters. The maximum atomic E-state index is 11.3. The summed E-state index contributed by atoms with van der Waals surface area (Å²) in [5.41, 5.74) is 3.15. The van der Waals surface area contributed by atoms with E-state index in [1.807, 2.05) is 30.3 Å². The van der Waals surface area contributed by atoms with Crippen molar-refractivity contribution in [2.75, 3.05) is 12.4 Å². The van der Waals surface area contributed by atoms with Crippen LogP contribution in [0.15, 0.2) is 42.6 Å². The Labute approximate surface area is 123 Å². The zero-order valence-corrected chi connectivity index (χ0v) is 11.9. The number of pyridine rings is 1. The Morgan fingerprint density at radius 2 is 1.76 bits per heavy atom. The molecule has 0 fully saturated rings. The number of aromatic nitrogens is 1. The first-order chi connectivity index (χ1) is 10.1. The quantitative estimate of drug-likeness (QED) is 0.875. The Kier molecular flexibility index (Phi) is 4.66. The molecule has 0 bridgehead atoms. The van der Waals surface area contributed by atoms with E-state index in [9.17, 15) is 9.59 Å². The number of carbonyl (C=O) groups is 2. The molecular weight excluding hydrogens is 268 g/mol. The fourth-order valence-corrected chi connectivity index (χ4v) is 1.90. The highest BCUT2D eigenvalue weighted by atomic mass is 16.5. The Bertz CT molecular complexity index is 634. The maximum absolute atomic E-state index is 11.3. The summed E-state index contributed by atoms with van der Waals surface area (Å²) in [7, 11) is 1.33. The molecule has 21 heavy (non-hydrogen) atoms. The van der Waals surface area contributed by atoms with Gasteiger partial charge in [0.05, 0.1) is 7.11 Å². The summed E-state index contributed by atoms with van der Waals surface area (Å²) >= 11 is 0. The van der Waals surface area contributed by atoms with Crippen LogP contribution in [0.4, 0.5) is 5.69 Å². The smallest absolute Gasteiger partial charge is 0.356 e. The third-order valence-electron chi connectivity index (χ3n) is 2.90. The van der Waals surface area contributed by atoms with Crippen molar-refractivity contribution in [3.05, 3.63) is 59.4 Å². The number of esters is 1. The first-order valence-corrected chi connectivity index (χ1v) is 6.48. The molecule has 0 aliphatic carbocycles. The highest BCUT2D eigenvalue weighted by molar-refractivity contribution is 5.88. The van der Waals surface area contributed by atoms with E-state index in [1.54, 1.807) is 12.3 Å². The fourth-order valence-electron chi connectivity index (χ4n) is 1.90. The number of benzene rings is 1. The Morgan fingerprint density at radius 3 is 2.29 bits per heavy atom. The summed E-state index contributed by atoms with van der Waals surface area (Å²) in [5.74, 6) is -0.536. The molecule has 0 atom stereocenters. The van der Waals surface area contributed by atoms with Crippen molar-refractivity contribution in [1.29, 1.82) is 0 Å². The zero-order valence-electron chi connectivity index (χ0n) is 11.9. The van der Waals surface area contributed by atoms with Gasteiger partial charge in [-0.05, 0) is 35.7 Å². The first kappa shape index (κ1) is 14.7. The summed E-state index contributed by atoms with van der Waals surface area (Å²) < 4.78 is 4.60. The van der Waals surface area contributed by atoms with E-state index in [-0.39, 0.29) is 5.91 Å². The van der Waals surface area contributed by atoms with Crippen LogP contribution in [0.2, 0.25) is 0 Å². The second-order valence-electron chi connectivity index (χ2n) is 4.60. The summed E-state index contributed by atoms with van der Waals surface area (Å²) in [4.78, 5) is 26.3. The van der Waals surface area contributed by atoms with Gasteiger partial charge >= 0.3 is 5.97 Å². The number of nitrogens with one attached hydrogen (secondary N) is 1. The van der Waals surface area contributed by atoms with E-state index < -0.39 is 5.97 Å². The van der Waals surface area contributed by atoms with E-state index in [4.69, 9.17) is 0 Å².